The Morgan fingerprint density at radius 1 is 0.873 bits per heavy atom. The molecule has 2 aromatic heterocycles. The lowest BCUT2D eigenvalue weighted by Crippen LogP contribution is -2.46. The van der Waals surface area contributed by atoms with Crippen LogP contribution in [0.25, 0.3) is 21.9 Å². The molecule has 2 aliphatic rings. The summed E-state index contributed by atoms with van der Waals surface area (Å²) in [6, 6.07) is 12.4. The van der Waals surface area contributed by atoms with Crippen molar-refractivity contribution in [3.8, 4) is 0 Å². The number of fused-ring (bicyclic) bond motifs is 2. The molecule has 292 valence electrons. The molecule has 0 radical (unpaired) electrons. The Balaban J connectivity index is 1.23. The van der Waals surface area contributed by atoms with Crippen LogP contribution in [-0.4, -0.2) is 55.6 Å². The zero-order chi connectivity index (χ0) is 39.0. The first-order valence-corrected chi connectivity index (χ1v) is 19.1. The lowest BCUT2D eigenvalue weighted by Gasteiger charge is -2.30. The summed E-state index contributed by atoms with van der Waals surface area (Å²) >= 11 is 0. The van der Waals surface area contributed by atoms with Crippen molar-refractivity contribution >= 4 is 51.1 Å². The number of hydrogen-bond acceptors (Lipinski definition) is 7. The zero-order valence-electron chi connectivity index (χ0n) is 31.9. The Hall–Kier alpha value is -5.14. The van der Waals surface area contributed by atoms with E-state index in [-0.39, 0.29) is 40.8 Å². The number of carbonyl (C=O) groups excluding carboxylic acids is 2. The first-order chi connectivity index (χ1) is 26.4. The molecular weight excluding hydrogens is 708 g/mol. The number of urea groups is 2. The number of nitrogens with one attached hydrogen (secondary N) is 3. The van der Waals surface area contributed by atoms with Crippen LogP contribution in [0.15, 0.2) is 63.4 Å². The van der Waals surface area contributed by atoms with Gasteiger partial charge in [-0.2, -0.15) is 0 Å². The van der Waals surface area contributed by atoms with Crippen molar-refractivity contribution in [1.29, 1.82) is 0 Å². The normalized spacial score (nSPS) is 18.7. The van der Waals surface area contributed by atoms with Crippen LogP contribution < -0.4 is 25.8 Å². The quantitative estimate of drug-likeness (QED) is 0.118. The Labute approximate surface area is 319 Å². The molecule has 3 heterocycles. The maximum Gasteiger partial charge on any atom is 0.327 e. The number of aliphatic hydroxyl groups excluding tert-OH is 1. The van der Waals surface area contributed by atoms with E-state index in [1.165, 1.54) is 29.2 Å². The molecule has 0 bridgehead atoms. The van der Waals surface area contributed by atoms with Crippen molar-refractivity contribution in [3.63, 3.8) is 0 Å². The van der Waals surface area contributed by atoms with Crippen molar-refractivity contribution in [2.75, 3.05) is 41.4 Å². The predicted octanol–water partition coefficient (Wildman–Crippen LogP) is 9.01. The highest BCUT2D eigenvalue weighted by molar-refractivity contribution is 6.04. The number of aliphatic hydroxyl groups is 1. The molecule has 4 amide bonds. The number of hydrogen-bond donors (Lipinski definition) is 4. The number of anilines is 3. The molecule has 0 spiro atoms. The number of amides is 4. The van der Waals surface area contributed by atoms with E-state index in [0.29, 0.717) is 78.2 Å². The number of aryl methyl sites for hydroxylation is 2. The van der Waals surface area contributed by atoms with Crippen LogP contribution in [0.2, 0.25) is 0 Å². The van der Waals surface area contributed by atoms with Gasteiger partial charge in [0.2, 0.25) is 0 Å². The number of furan rings is 2. The molecular formula is C42H49F2N5O6. The monoisotopic (exact) mass is 757 g/mol. The van der Waals surface area contributed by atoms with Gasteiger partial charge < -0.3 is 39.5 Å². The van der Waals surface area contributed by atoms with Crippen molar-refractivity contribution in [2.24, 2.45) is 5.92 Å². The van der Waals surface area contributed by atoms with Gasteiger partial charge in [0.15, 0.2) is 5.82 Å². The Bertz CT molecular complexity index is 2170. The second-order valence-corrected chi connectivity index (χ2v) is 15.1. The van der Waals surface area contributed by atoms with Crippen LogP contribution in [-0.2, 0) is 4.74 Å². The fourth-order valence-electron chi connectivity index (χ4n) is 7.89. The summed E-state index contributed by atoms with van der Waals surface area (Å²) < 4.78 is 49.4. The van der Waals surface area contributed by atoms with Gasteiger partial charge in [-0.15, -0.1) is 0 Å². The minimum Gasteiger partial charge on any atom is -0.459 e. The molecule has 2 atom stereocenters. The Morgan fingerprint density at radius 2 is 1.55 bits per heavy atom. The second-order valence-electron chi connectivity index (χ2n) is 15.1. The topological polar surface area (TPSA) is 132 Å². The van der Waals surface area contributed by atoms with Crippen molar-refractivity contribution < 1.29 is 37.0 Å². The molecule has 1 saturated heterocycles. The van der Waals surface area contributed by atoms with Crippen LogP contribution in [0.1, 0.15) is 81.2 Å². The summed E-state index contributed by atoms with van der Waals surface area (Å²) in [7, 11) is 0. The number of ether oxygens (including phenoxy) is 1. The average Bonchev–Trinajstić information content (AvgIpc) is 3.68. The van der Waals surface area contributed by atoms with E-state index in [0.717, 1.165) is 18.8 Å². The summed E-state index contributed by atoms with van der Waals surface area (Å²) in [5.41, 5.74) is 3.34. The third-order valence-electron chi connectivity index (χ3n) is 11.0. The van der Waals surface area contributed by atoms with Gasteiger partial charge in [0.25, 0.3) is 0 Å². The minimum absolute atomic E-state index is 0.0183. The van der Waals surface area contributed by atoms with Crippen LogP contribution in [0.4, 0.5) is 35.4 Å². The van der Waals surface area contributed by atoms with E-state index in [1.807, 2.05) is 26.0 Å². The van der Waals surface area contributed by atoms with E-state index in [1.54, 1.807) is 39.0 Å². The van der Waals surface area contributed by atoms with Gasteiger partial charge >= 0.3 is 12.1 Å². The molecule has 13 heteroatoms. The molecule has 55 heavy (non-hydrogen) atoms. The van der Waals surface area contributed by atoms with Gasteiger partial charge in [-0.3, -0.25) is 4.90 Å². The molecule has 1 aliphatic heterocycles. The van der Waals surface area contributed by atoms with Gasteiger partial charge in [0.1, 0.15) is 28.5 Å². The summed E-state index contributed by atoms with van der Waals surface area (Å²) in [6.07, 6.45) is 2.29. The second kappa shape index (κ2) is 15.9. The first-order valence-electron chi connectivity index (χ1n) is 19.1. The highest BCUT2D eigenvalue weighted by Crippen LogP contribution is 2.41. The molecule has 2 fully saturated rings. The smallest absolute Gasteiger partial charge is 0.327 e. The summed E-state index contributed by atoms with van der Waals surface area (Å²) in [4.78, 5) is 31.1. The minimum atomic E-state index is -0.837. The fourth-order valence-corrected chi connectivity index (χ4v) is 7.89. The maximum atomic E-state index is 17.2. The van der Waals surface area contributed by atoms with Gasteiger partial charge in [-0.1, -0.05) is 13.8 Å². The van der Waals surface area contributed by atoms with Gasteiger partial charge in [0.05, 0.1) is 42.5 Å². The molecule has 1 saturated carbocycles. The van der Waals surface area contributed by atoms with Crippen LogP contribution in [0.5, 0.6) is 0 Å². The number of halogens is 2. The molecule has 7 rings (SSSR count). The largest absolute Gasteiger partial charge is 0.459 e. The molecule has 4 N–H and O–H groups in total. The lowest BCUT2D eigenvalue weighted by atomic mass is 9.93. The summed E-state index contributed by atoms with van der Waals surface area (Å²) in [5, 5.41) is 19.6. The average molecular weight is 758 g/mol. The first kappa shape index (κ1) is 38.1. The van der Waals surface area contributed by atoms with Crippen LogP contribution >= 0.6 is 0 Å². The number of benzene rings is 3. The number of nitrogens with zero attached hydrogens (tertiary/aromatic N) is 2. The Kier molecular flexibility index (Phi) is 11.0. The third kappa shape index (κ3) is 7.86. The fraction of sp³-hybridized carbons (Fsp3) is 0.429. The molecule has 0 unspecified atom stereocenters. The maximum absolute atomic E-state index is 17.2. The van der Waals surface area contributed by atoms with Gasteiger partial charge in [-0.25, -0.2) is 18.4 Å². The number of carbonyl (C=O) groups is 2. The van der Waals surface area contributed by atoms with E-state index >= 15 is 4.39 Å². The summed E-state index contributed by atoms with van der Waals surface area (Å²) in [6.45, 7) is 12.0. The molecule has 3 aromatic carbocycles. The highest BCUT2D eigenvalue weighted by atomic mass is 19.1. The van der Waals surface area contributed by atoms with Crippen molar-refractivity contribution in [3.05, 3.63) is 88.9 Å². The van der Waals surface area contributed by atoms with Crippen molar-refractivity contribution in [1.82, 2.24) is 10.6 Å². The highest BCUT2D eigenvalue weighted by Gasteiger charge is 2.34. The Morgan fingerprint density at radius 3 is 2.24 bits per heavy atom. The number of morpholine rings is 1. The van der Waals surface area contributed by atoms with E-state index < -0.39 is 29.7 Å². The van der Waals surface area contributed by atoms with E-state index in [2.05, 4.69) is 20.9 Å². The molecule has 1 aliphatic carbocycles. The molecule has 11 nitrogen and oxygen atoms in total. The van der Waals surface area contributed by atoms with Gasteiger partial charge in [0, 0.05) is 47.0 Å². The van der Waals surface area contributed by atoms with E-state index in [9.17, 15) is 19.1 Å². The van der Waals surface area contributed by atoms with Crippen LogP contribution in [0, 0.1) is 31.4 Å². The zero-order valence-corrected chi connectivity index (χ0v) is 31.9. The predicted molar refractivity (Wildman–Crippen MR) is 209 cm³/mol. The number of rotatable bonds is 9. The third-order valence-corrected chi connectivity index (χ3v) is 11.0. The summed E-state index contributed by atoms with van der Waals surface area (Å²) in [5.74, 6) is -0.422. The van der Waals surface area contributed by atoms with Crippen molar-refractivity contribution in [2.45, 2.75) is 84.5 Å². The van der Waals surface area contributed by atoms with Crippen LogP contribution in [0.3, 0.4) is 0 Å². The van der Waals surface area contributed by atoms with E-state index in [4.69, 9.17) is 13.6 Å². The van der Waals surface area contributed by atoms with Gasteiger partial charge in [-0.05, 0) is 107 Å². The lowest BCUT2D eigenvalue weighted by molar-refractivity contribution is 0.117. The molecule has 5 aromatic rings. The SMILES string of the molecule is Cc1c([C@@H](C)N(C(=O)Nc2ccc(N3CCOCC3)cc2)c2ccc3oc([C@H](NC(=O)NC4CCC(O)CC4)C(C)C)c(C)c3c2F)oc2ccc(F)cc12. The standard InChI is InChI=1S/C42H49F2N5O6/c1-23(2)38(47-41(51)45-28-9-13-31(50)14-10-28)40-25(4)36-35(55-40)17-15-33(37(36)44)49(26(5)39-24(3)32-22-27(43)6-16-34(32)54-39)42(52)46-29-7-11-30(12-8-29)48-18-20-53-21-19-48/h6-8,11-12,15-17,22-23,26,28,31,38,50H,9-10,13-14,18-21H2,1-5H3,(H,46,52)(H2,45,47,51)/t26-,28?,31?,38-/m1/s1.